The predicted octanol–water partition coefficient (Wildman–Crippen LogP) is 4.37. The van der Waals surface area contributed by atoms with Gasteiger partial charge in [0.15, 0.2) is 0 Å². The zero-order valence-electron chi connectivity index (χ0n) is 14.2. The van der Waals surface area contributed by atoms with E-state index < -0.39 is 10.0 Å². The molecule has 0 heterocycles. The van der Waals surface area contributed by atoms with Crippen LogP contribution < -0.4 is 4.72 Å². The number of benzene rings is 2. The fourth-order valence-corrected chi connectivity index (χ4v) is 4.20. The third-order valence-corrected chi connectivity index (χ3v) is 6.35. The van der Waals surface area contributed by atoms with Crippen LogP contribution in [0.5, 0.6) is 0 Å². The summed E-state index contributed by atoms with van der Waals surface area (Å²) in [6, 6.07) is 10.8. The number of aryl methyl sites for hydroxylation is 3. The van der Waals surface area contributed by atoms with Crippen molar-refractivity contribution in [1.82, 2.24) is 4.72 Å². The molecule has 0 unspecified atom stereocenters. The predicted molar refractivity (Wildman–Crippen MR) is 97.6 cm³/mol. The summed E-state index contributed by atoms with van der Waals surface area (Å²) in [4.78, 5) is 1.34. The molecule has 2 rings (SSSR count). The molecular formula is C18H23NO2S2. The van der Waals surface area contributed by atoms with E-state index in [1.165, 1.54) is 11.1 Å². The third-order valence-electron chi connectivity index (χ3n) is 4.05. The molecular weight excluding hydrogens is 326 g/mol. The molecule has 5 heteroatoms. The lowest BCUT2D eigenvalue weighted by atomic mass is 9.97. The van der Waals surface area contributed by atoms with Crippen molar-refractivity contribution in [3.8, 4) is 0 Å². The van der Waals surface area contributed by atoms with Crippen molar-refractivity contribution < 1.29 is 8.42 Å². The summed E-state index contributed by atoms with van der Waals surface area (Å²) < 4.78 is 27.9. The first kappa shape index (κ1) is 18.0. The van der Waals surface area contributed by atoms with Crippen LogP contribution in [-0.4, -0.2) is 14.7 Å². The van der Waals surface area contributed by atoms with Crippen LogP contribution in [0.1, 0.15) is 35.2 Å². The van der Waals surface area contributed by atoms with E-state index in [1.54, 1.807) is 23.9 Å². The van der Waals surface area contributed by atoms with Gasteiger partial charge in [-0.05, 0) is 80.5 Å². The molecule has 0 saturated carbocycles. The number of rotatable bonds is 5. The molecule has 0 bridgehead atoms. The average molecular weight is 350 g/mol. The van der Waals surface area contributed by atoms with Gasteiger partial charge in [-0.3, -0.25) is 0 Å². The number of nitrogens with one attached hydrogen (secondary N) is 1. The van der Waals surface area contributed by atoms with E-state index in [9.17, 15) is 8.42 Å². The number of thioether (sulfide) groups is 1. The molecule has 0 radical (unpaired) electrons. The summed E-state index contributed by atoms with van der Waals surface area (Å²) in [6.45, 7) is 8.00. The minimum absolute atomic E-state index is 0.278. The Morgan fingerprint density at radius 2 is 1.52 bits per heavy atom. The quantitative estimate of drug-likeness (QED) is 0.815. The highest BCUT2D eigenvalue weighted by Crippen LogP contribution is 2.24. The van der Waals surface area contributed by atoms with Crippen LogP contribution in [0.15, 0.2) is 46.2 Å². The maximum absolute atomic E-state index is 12.6. The summed E-state index contributed by atoms with van der Waals surface area (Å²) in [5.41, 5.74) is 4.49. The van der Waals surface area contributed by atoms with Gasteiger partial charge >= 0.3 is 0 Å². The van der Waals surface area contributed by atoms with Gasteiger partial charge in [-0.15, -0.1) is 11.8 Å². The van der Waals surface area contributed by atoms with Crippen molar-refractivity contribution in [2.45, 2.75) is 43.5 Å². The van der Waals surface area contributed by atoms with E-state index in [1.807, 2.05) is 39.2 Å². The lowest BCUT2D eigenvalue weighted by Gasteiger charge is -2.18. The molecule has 0 aliphatic rings. The Morgan fingerprint density at radius 1 is 0.957 bits per heavy atom. The highest BCUT2D eigenvalue weighted by atomic mass is 32.2. The van der Waals surface area contributed by atoms with Crippen molar-refractivity contribution in [2.24, 2.45) is 0 Å². The summed E-state index contributed by atoms with van der Waals surface area (Å²) in [6.07, 6.45) is 1.96. The average Bonchev–Trinajstić information content (AvgIpc) is 2.50. The monoisotopic (exact) mass is 349 g/mol. The fraction of sp³-hybridized carbons (Fsp3) is 0.333. The zero-order valence-corrected chi connectivity index (χ0v) is 15.8. The number of sulfonamides is 1. The van der Waals surface area contributed by atoms with Gasteiger partial charge < -0.3 is 0 Å². The highest BCUT2D eigenvalue weighted by molar-refractivity contribution is 7.98. The van der Waals surface area contributed by atoms with E-state index >= 15 is 0 Å². The fourth-order valence-electron chi connectivity index (χ4n) is 2.57. The molecule has 23 heavy (non-hydrogen) atoms. The van der Waals surface area contributed by atoms with Crippen LogP contribution in [0.2, 0.25) is 0 Å². The van der Waals surface area contributed by atoms with Gasteiger partial charge in [-0.25, -0.2) is 13.1 Å². The molecule has 0 aliphatic heterocycles. The summed E-state index contributed by atoms with van der Waals surface area (Å²) in [5.74, 6) is 0. The zero-order chi connectivity index (χ0) is 17.2. The Morgan fingerprint density at radius 3 is 2.09 bits per heavy atom. The van der Waals surface area contributed by atoms with E-state index in [0.717, 1.165) is 16.0 Å². The topological polar surface area (TPSA) is 46.2 Å². The second-order valence-electron chi connectivity index (χ2n) is 5.81. The van der Waals surface area contributed by atoms with E-state index in [4.69, 9.17) is 0 Å². The molecule has 2 aromatic rings. The summed E-state index contributed by atoms with van der Waals surface area (Å²) in [7, 11) is -3.53. The first-order valence-electron chi connectivity index (χ1n) is 7.48. The Kier molecular flexibility index (Phi) is 5.55. The van der Waals surface area contributed by atoms with Crippen molar-refractivity contribution in [1.29, 1.82) is 0 Å². The molecule has 0 aromatic heterocycles. The minimum atomic E-state index is -3.53. The number of hydrogen-bond acceptors (Lipinski definition) is 3. The molecule has 0 spiro atoms. The van der Waals surface area contributed by atoms with Gasteiger partial charge in [0.25, 0.3) is 0 Å². The van der Waals surface area contributed by atoms with Crippen molar-refractivity contribution in [2.75, 3.05) is 6.26 Å². The molecule has 0 saturated heterocycles. The van der Waals surface area contributed by atoms with Gasteiger partial charge in [0.1, 0.15) is 0 Å². The largest absolute Gasteiger partial charge is 0.241 e. The highest BCUT2D eigenvalue weighted by Gasteiger charge is 2.19. The number of hydrogen-bond donors (Lipinski definition) is 1. The Hall–Kier alpha value is -1.30. The second kappa shape index (κ2) is 7.07. The van der Waals surface area contributed by atoms with Gasteiger partial charge in [-0.1, -0.05) is 12.1 Å². The second-order valence-corrected chi connectivity index (χ2v) is 8.41. The van der Waals surface area contributed by atoms with Crippen LogP contribution in [0.4, 0.5) is 0 Å². The van der Waals surface area contributed by atoms with Crippen LogP contribution in [-0.2, 0) is 10.0 Å². The van der Waals surface area contributed by atoms with E-state index in [0.29, 0.717) is 4.90 Å². The van der Waals surface area contributed by atoms with Crippen LogP contribution in [0.25, 0.3) is 0 Å². The van der Waals surface area contributed by atoms with Crippen LogP contribution in [0, 0.1) is 20.8 Å². The van der Waals surface area contributed by atoms with Crippen LogP contribution >= 0.6 is 11.8 Å². The SMILES string of the molecule is CSc1ccc(S(=O)(=O)N[C@H](C)c2cc(C)c(C)cc2C)cc1. The smallest absolute Gasteiger partial charge is 0.207 e. The van der Waals surface area contributed by atoms with Crippen molar-refractivity contribution in [3.05, 3.63) is 58.7 Å². The maximum atomic E-state index is 12.6. The summed E-state index contributed by atoms with van der Waals surface area (Å²) >= 11 is 1.59. The normalized spacial score (nSPS) is 13.1. The molecule has 0 fully saturated rings. The first-order chi connectivity index (χ1) is 10.7. The van der Waals surface area contributed by atoms with E-state index in [-0.39, 0.29) is 6.04 Å². The molecule has 0 aliphatic carbocycles. The lowest BCUT2D eigenvalue weighted by molar-refractivity contribution is 0.566. The van der Waals surface area contributed by atoms with Gasteiger partial charge in [0, 0.05) is 10.9 Å². The van der Waals surface area contributed by atoms with Crippen molar-refractivity contribution in [3.63, 3.8) is 0 Å². The molecule has 2 aromatic carbocycles. The first-order valence-corrected chi connectivity index (χ1v) is 10.2. The van der Waals surface area contributed by atoms with Gasteiger partial charge in [-0.2, -0.15) is 0 Å². The molecule has 0 amide bonds. The molecule has 124 valence electrons. The minimum Gasteiger partial charge on any atom is -0.207 e. The van der Waals surface area contributed by atoms with Crippen LogP contribution in [0.3, 0.4) is 0 Å². The molecule has 1 atom stereocenters. The lowest BCUT2D eigenvalue weighted by Crippen LogP contribution is -2.27. The summed E-state index contributed by atoms with van der Waals surface area (Å²) in [5, 5.41) is 0. The van der Waals surface area contributed by atoms with E-state index in [2.05, 4.69) is 23.8 Å². The third kappa shape index (κ3) is 4.16. The standard InChI is InChI=1S/C18H23NO2S2/c1-12-10-14(3)18(11-13(12)2)15(4)19-23(20,21)17-8-6-16(22-5)7-9-17/h6-11,15,19H,1-5H3/t15-/m1/s1. The van der Waals surface area contributed by atoms with Crippen molar-refractivity contribution >= 4 is 21.8 Å². The van der Waals surface area contributed by atoms with Gasteiger partial charge in [0.2, 0.25) is 10.0 Å². The van der Waals surface area contributed by atoms with Gasteiger partial charge in [0.05, 0.1) is 4.90 Å². The maximum Gasteiger partial charge on any atom is 0.241 e. The Bertz CT molecular complexity index is 797. The molecule has 3 nitrogen and oxygen atoms in total. The Balaban J connectivity index is 2.27. The Labute approximate surface area is 143 Å². The molecule has 1 N–H and O–H groups in total.